The van der Waals surface area contributed by atoms with Crippen LogP contribution in [-0.4, -0.2) is 35.7 Å². The quantitative estimate of drug-likeness (QED) is 0.856. The van der Waals surface area contributed by atoms with Gasteiger partial charge in [0.25, 0.3) is 0 Å². The SMILES string of the molecule is O=C1CCN(CCCO)N1c1ccc(F)cc1. The number of aliphatic hydroxyl groups is 1. The summed E-state index contributed by atoms with van der Waals surface area (Å²) in [6.45, 7) is 1.37. The molecule has 0 unspecified atom stereocenters. The van der Waals surface area contributed by atoms with Crippen LogP contribution in [0.4, 0.5) is 10.1 Å². The lowest BCUT2D eigenvalue weighted by molar-refractivity contribution is -0.118. The summed E-state index contributed by atoms with van der Waals surface area (Å²) in [5.41, 5.74) is 0.673. The van der Waals surface area contributed by atoms with Gasteiger partial charge in [0, 0.05) is 26.1 Å². The minimum Gasteiger partial charge on any atom is -0.396 e. The van der Waals surface area contributed by atoms with Gasteiger partial charge < -0.3 is 5.11 Å². The molecule has 1 amide bonds. The molecule has 0 spiro atoms. The number of halogens is 1. The van der Waals surface area contributed by atoms with E-state index in [1.54, 1.807) is 17.1 Å². The van der Waals surface area contributed by atoms with Crippen LogP contribution in [0.5, 0.6) is 0 Å². The molecule has 1 N–H and O–H groups in total. The topological polar surface area (TPSA) is 43.8 Å². The van der Waals surface area contributed by atoms with Gasteiger partial charge in [-0.05, 0) is 30.7 Å². The highest BCUT2D eigenvalue weighted by Gasteiger charge is 2.29. The largest absolute Gasteiger partial charge is 0.396 e. The van der Waals surface area contributed by atoms with Gasteiger partial charge in [-0.3, -0.25) is 4.79 Å². The van der Waals surface area contributed by atoms with E-state index in [1.165, 1.54) is 12.1 Å². The Kier molecular flexibility index (Phi) is 3.71. The first-order chi connectivity index (χ1) is 8.22. The lowest BCUT2D eigenvalue weighted by Crippen LogP contribution is -2.40. The van der Waals surface area contributed by atoms with Gasteiger partial charge in [-0.25, -0.2) is 14.4 Å². The molecule has 1 aliphatic rings. The van der Waals surface area contributed by atoms with Crippen molar-refractivity contribution in [1.29, 1.82) is 0 Å². The third-order valence-corrected chi connectivity index (χ3v) is 2.75. The molecule has 2 rings (SSSR count). The monoisotopic (exact) mass is 238 g/mol. The number of benzene rings is 1. The molecule has 4 nitrogen and oxygen atoms in total. The molecule has 0 aromatic heterocycles. The molecule has 5 heteroatoms. The Morgan fingerprint density at radius 2 is 2.00 bits per heavy atom. The molecule has 1 fully saturated rings. The first-order valence-electron chi connectivity index (χ1n) is 5.66. The van der Waals surface area contributed by atoms with Crippen LogP contribution >= 0.6 is 0 Å². The Morgan fingerprint density at radius 1 is 1.29 bits per heavy atom. The fourth-order valence-electron chi connectivity index (χ4n) is 1.94. The number of carbonyl (C=O) groups is 1. The lowest BCUT2D eigenvalue weighted by Gasteiger charge is -2.27. The van der Waals surface area contributed by atoms with Crippen molar-refractivity contribution in [2.45, 2.75) is 12.8 Å². The maximum atomic E-state index is 12.8. The minimum absolute atomic E-state index is 0.00884. The summed E-state index contributed by atoms with van der Waals surface area (Å²) < 4.78 is 12.8. The number of aliphatic hydroxyl groups excluding tert-OH is 1. The summed E-state index contributed by atoms with van der Waals surface area (Å²) in [4.78, 5) is 11.8. The molecule has 0 aliphatic carbocycles. The van der Waals surface area contributed by atoms with Gasteiger partial charge >= 0.3 is 0 Å². The van der Waals surface area contributed by atoms with E-state index in [4.69, 9.17) is 5.11 Å². The summed E-state index contributed by atoms with van der Waals surface area (Å²) in [6.07, 6.45) is 1.08. The van der Waals surface area contributed by atoms with Crippen LogP contribution in [0.15, 0.2) is 24.3 Å². The maximum absolute atomic E-state index is 12.8. The van der Waals surface area contributed by atoms with E-state index in [1.807, 2.05) is 5.01 Å². The zero-order valence-electron chi connectivity index (χ0n) is 9.47. The molecule has 0 radical (unpaired) electrons. The van der Waals surface area contributed by atoms with Crippen molar-refractivity contribution in [2.75, 3.05) is 24.7 Å². The minimum atomic E-state index is -0.317. The predicted molar refractivity (Wildman–Crippen MR) is 61.8 cm³/mol. The van der Waals surface area contributed by atoms with Crippen LogP contribution in [0.3, 0.4) is 0 Å². The van der Waals surface area contributed by atoms with E-state index in [0.717, 1.165) is 0 Å². The number of nitrogens with zero attached hydrogens (tertiary/aromatic N) is 2. The van der Waals surface area contributed by atoms with Gasteiger partial charge in [0.2, 0.25) is 5.91 Å². The van der Waals surface area contributed by atoms with Gasteiger partial charge in [0.1, 0.15) is 5.82 Å². The average molecular weight is 238 g/mol. The van der Waals surface area contributed by atoms with Crippen molar-refractivity contribution in [3.63, 3.8) is 0 Å². The van der Waals surface area contributed by atoms with E-state index in [9.17, 15) is 9.18 Å². The van der Waals surface area contributed by atoms with E-state index in [-0.39, 0.29) is 18.3 Å². The Balaban J connectivity index is 2.15. The molecule has 17 heavy (non-hydrogen) atoms. The predicted octanol–water partition coefficient (Wildman–Crippen LogP) is 1.16. The number of carbonyl (C=O) groups excluding carboxylic acids is 1. The van der Waals surface area contributed by atoms with Gasteiger partial charge in [-0.15, -0.1) is 0 Å². The summed E-state index contributed by atoms with van der Waals surface area (Å²) in [6, 6.07) is 5.85. The number of hydrogen-bond acceptors (Lipinski definition) is 3. The van der Waals surface area contributed by atoms with Crippen LogP contribution in [0.25, 0.3) is 0 Å². The third-order valence-electron chi connectivity index (χ3n) is 2.75. The molecule has 1 aromatic carbocycles. The van der Waals surface area contributed by atoms with Gasteiger partial charge in [-0.1, -0.05) is 0 Å². The first-order valence-corrected chi connectivity index (χ1v) is 5.66. The smallest absolute Gasteiger partial charge is 0.242 e. The van der Waals surface area contributed by atoms with Crippen molar-refractivity contribution in [3.8, 4) is 0 Å². The lowest BCUT2D eigenvalue weighted by atomic mass is 10.3. The summed E-state index contributed by atoms with van der Waals surface area (Å²) in [5.74, 6) is -0.308. The highest BCUT2D eigenvalue weighted by molar-refractivity contribution is 5.94. The molecular formula is C12H15FN2O2. The normalized spacial score (nSPS) is 16.8. The molecule has 1 aliphatic heterocycles. The second kappa shape index (κ2) is 5.25. The average Bonchev–Trinajstić information content (AvgIpc) is 2.69. The highest BCUT2D eigenvalue weighted by atomic mass is 19.1. The number of amides is 1. The summed E-state index contributed by atoms with van der Waals surface area (Å²) >= 11 is 0. The van der Waals surface area contributed by atoms with Crippen molar-refractivity contribution in [1.82, 2.24) is 5.01 Å². The number of rotatable bonds is 4. The first kappa shape index (κ1) is 12.0. The van der Waals surface area contributed by atoms with Gasteiger partial charge in [0.15, 0.2) is 0 Å². The van der Waals surface area contributed by atoms with E-state index >= 15 is 0 Å². The van der Waals surface area contributed by atoms with E-state index in [0.29, 0.717) is 31.6 Å². The van der Waals surface area contributed by atoms with Crippen LogP contribution in [0.1, 0.15) is 12.8 Å². The summed E-state index contributed by atoms with van der Waals surface area (Å²) in [7, 11) is 0. The third kappa shape index (κ3) is 2.62. The Labute approximate surface area is 99.2 Å². The summed E-state index contributed by atoms with van der Waals surface area (Å²) in [5, 5.41) is 12.3. The standard InChI is InChI=1S/C12H15FN2O2/c13-10-2-4-11(5-3-10)15-12(17)6-8-14(15)7-1-9-16/h2-5,16H,1,6-9H2. The zero-order chi connectivity index (χ0) is 12.3. The van der Waals surface area contributed by atoms with Crippen LogP contribution in [0, 0.1) is 5.82 Å². The molecule has 1 heterocycles. The number of hydrogen-bond donors (Lipinski definition) is 1. The Morgan fingerprint density at radius 3 is 2.65 bits per heavy atom. The van der Waals surface area contributed by atoms with E-state index < -0.39 is 0 Å². The molecular weight excluding hydrogens is 223 g/mol. The second-order valence-corrected chi connectivity index (χ2v) is 3.96. The van der Waals surface area contributed by atoms with Crippen molar-refractivity contribution < 1.29 is 14.3 Å². The fourth-order valence-corrected chi connectivity index (χ4v) is 1.94. The molecule has 1 saturated heterocycles. The van der Waals surface area contributed by atoms with Crippen LogP contribution in [-0.2, 0) is 4.79 Å². The Bertz CT molecular complexity index is 394. The van der Waals surface area contributed by atoms with Crippen molar-refractivity contribution >= 4 is 11.6 Å². The number of hydrazine groups is 1. The highest BCUT2D eigenvalue weighted by Crippen LogP contribution is 2.22. The molecule has 92 valence electrons. The van der Waals surface area contributed by atoms with Crippen LogP contribution < -0.4 is 5.01 Å². The second-order valence-electron chi connectivity index (χ2n) is 3.96. The van der Waals surface area contributed by atoms with Gasteiger partial charge in [0.05, 0.1) is 5.69 Å². The number of anilines is 1. The molecule has 0 saturated carbocycles. The maximum Gasteiger partial charge on any atom is 0.242 e. The molecule has 0 bridgehead atoms. The van der Waals surface area contributed by atoms with Crippen LogP contribution in [0.2, 0.25) is 0 Å². The molecule has 1 aromatic rings. The Hall–Kier alpha value is -1.46. The fraction of sp³-hybridized carbons (Fsp3) is 0.417. The van der Waals surface area contributed by atoms with E-state index in [2.05, 4.69) is 0 Å². The van der Waals surface area contributed by atoms with Gasteiger partial charge in [-0.2, -0.15) is 0 Å². The van der Waals surface area contributed by atoms with Crippen molar-refractivity contribution in [2.24, 2.45) is 0 Å². The zero-order valence-corrected chi connectivity index (χ0v) is 9.47. The van der Waals surface area contributed by atoms with Crippen molar-refractivity contribution in [3.05, 3.63) is 30.1 Å². The molecule has 0 atom stereocenters.